The molecule has 7 heteroatoms. The average Bonchev–Trinajstić information content (AvgIpc) is 3.03. The summed E-state index contributed by atoms with van der Waals surface area (Å²) in [6.45, 7) is 6.56. The van der Waals surface area contributed by atoms with Crippen molar-refractivity contribution in [2.45, 2.75) is 39.8 Å². The number of rotatable bonds is 5. The molecule has 0 aromatic carbocycles. The number of carbonyl (C=O) groups excluding carboxylic acids is 1. The van der Waals surface area contributed by atoms with Crippen LogP contribution in [0.4, 0.5) is 0 Å². The number of imidazole rings is 1. The van der Waals surface area contributed by atoms with Crippen molar-refractivity contribution >= 4 is 5.91 Å². The van der Waals surface area contributed by atoms with Crippen LogP contribution in [0, 0.1) is 6.92 Å². The van der Waals surface area contributed by atoms with Crippen LogP contribution in [0.2, 0.25) is 0 Å². The highest BCUT2D eigenvalue weighted by molar-refractivity contribution is 5.90. The van der Waals surface area contributed by atoms with Gasteiger partial charge in [-0.15, -0.1) is 0 Å². The largest absolute Gasteiger partial charge is 0.339 e. The van der Waals surface area contributed by atoms with Gasteiger partial charge in [-0.3, -0.25) is 4.79 Å². The molecule has 0 radical (unpaired) electrons. The number of nitrogens with zero attached hydrogens (tertiary/aromatic N) is 4. The Morgan fingerprint density at radius 1 is 1.47 bits per heavy atom. The second-order valence-electron chi connectivity index (χ2n) is 4.28. The molecule has 0 fully saturated rings. The third kappa shape index (κ3) is 2.81. The number of amides is 1. The molecule has 0 aliphatic rings. The van der Waals surface area contributed by atoms with Crippen LogP contribution in [-0.4, -0.2) is 30.6 Å². The average molecular weight is 262 g/mol. The van der Waals surface area contributed by atoms with E-state index >= 15 is 0 Å². The minimum Gasteiger partial charge on any atom is -0.339 e. The molecule has 2 aromatic rings. The molecule has 0 spiro atoms. The molecule has 2 rings (SSSR count). The van der Waals surface area contributed by atoms with Crippen molar-refractivity contribution in [1.29, 1.82) is 0 Å². The molecule has 0 saturated carbocycles. The van der Waals surface area contributed by atoms with Gasteiger partial charge in [0.05, 0.1) is 6.04 Å². The molecule has 102 valence electrons. The van der Waals surface area contributed by atoms with E-state index in [1.807, 2.05) is 20.8 Å². The van der Waals surface area contributed by atoms with Gasteiger partial charge in [0.2, 0.25) is 0 Å². The number of H-pyrrole nitrogens is 1. The number of aromatic amines is 1. The third-order valence-electron chi connectivity index (χ3n) is 2.89. The predicted molar refractivity (Wildman–Crippen MR) is 69.5 cm³/mol. The highest BCUT2D eigenvalue weighted by atomic mass is 16.2. The van der Waals surface area contributed by atoms with Crippen molar-refractivity contribution < 1.29 is 4.79 Å². The predicted octanol–water partition coefficient (Wildman–Crippen LogP) is 1.21. The van der Waals surface area contributed by atoms with Crippen LogP contribution in [0.5, 0.6) is 0 Å². The standard InChI is InChI=1S/C12H18N6O/c1-4-9(11-14-7-15-18(11)5-2)17-12(19)10-13-6-8(3)16-10/h6-7,9H,4-5H2,1-3H3,(H,13,16)(H,17,19)/t9-/m1/s1. The van der Waals surface area contributed by atoms with Crippen LogP contribution in [0.25, 0.3) is 0 Å². The van der Waals surface area contributed by atoms with Gasteiger partial charge in [0.15, 0.2) is 5.82 Å². The molecule has 1 atom stereocenters. The molecule has 1 amide bonds. The number of aryl methyl sites for hydroxylation is 2. The van der Waals surface area contributed by atoms with Gasteiger partial charge in [-0.1, -0.05) is 6.92 Å². The van der Waals surface area contributed by atoms with Crippen LogP contribution in [-0.2, 0) is 6.54 Å². The fourth-order valence-electron chi connectivity index (χ4n) is 1.89. The highest BCUT2D eigenvalue weighted by Crippen LogP contribution is 2.14. The zero-order valence-corrected chi connectivity index (χ0v) is 11.3. The van der Waals surface area contributed by atoms with Gasteiger partial charge >= 0.3 is 0 Å². The Balaban J connectivity index is 2.13. The first kappa shape index (κ1) is 13.3. The minimum absolute atomic E-state index is 0.166. The minimum atomic E-state index is -0.231. The molecule has 0 aliphatic heterocycles. The topological polar surface area (TPSA) is 88.5 Å². The summed E-state index contributed by atoms with van der Waals surface area (Å²) in [4.78, 5) is 23.2. The molecular formula is C12H18N6O. The van der Waals surface area contributed by atoms with Crippen molar-refractivity contribution in [2.24, 2.45) is 0 Å². The van der Waals surface area contributed by atoms with Gasteiger partial charge in [-0.25, -0.2) is 14.6 Å². The van der Waals surface area contributed by atoms with Gasteiger partial charge < -0.3 is 10.3 Å². The second kappa shape index (κ2) is 5.64. The summed E-state index contributed by atoms with van der Waals surface area (Å²) in [5, 5.41) is 7.04. The number of aromatic nitrogens is 5. The monoisotopic (exact) mass is 262 g/mol. The van der Waals surface area contributed by atoms with Crippen molar-refractivity contribution in [1.82, 2.24) is 30.0 Å². The van der Waals surface area contributed by atoms with E-state index in [-0.39, 0.29) is 11.9 Å². The summed E-state index contributed by atoms with van der Waals surface area (Å²) in [6, 6.07) is -0.166. The van der Waals surface area contributed by atoms with E-state index < -0.39 is 0 Å². The van der Waals surface area contributed by atoms with Crippen LogP contribution in [0.15, 0.2) is 12.5 Å². The van der Waals surface area contributed by atoms with Crippen LogP contribution < -0.4 is 5.32 Å². The summed E-state index contributed by atoms with van der Waals surface area (Å²) in [5.41, 5.74) is 0.856. The first-order valence-electron chi connectivity index (χ1n) is 6.35. The molecule has 2 heterocycles. The quantitative estimate of drug-likeness (QED) is 0.847. The molecule has 0 bridgehead atoms. The maximum absolute atomic E-state index is 12.1. The smallest absolute Gasteiger partial charge is 0.287 e. The number of hydrogen-bond donors (Lipinski definition) is 2. The summed E-state index contributed by atoms with van der Waals surface area (Å²) >= 11 is 0. The SMILES string of the molecule is CC[C@@H](NC(=O)c1ncc(C)[nH]1)c1ncnn1CC. The van der Waals surface area contributed by atoms with Gasteiger partial charge in [0.1, 0.15) is 12.2 Å². The van der Waals surface area contributed by atoms with Gasteiger partial charge in [0, 0.05) is 18.4 Å². The molecule has 0 saturated heterocycles. The highest BCUT2D eigenvalue weighted by Gasteiger charge is 2.20. The Morgan fingerprint density at radius 2 is 2.26 bits per heavy atom. The first-order valence-corrected chi connectivity index (χ1v) is 6.35. The Kier molecular flexibility index (Phi) is 3.94. The van der Waals surface area contributed by atoms with Crippen LogP contribution in [0.1, 0.15) is 48.4 Å². The lowest BCUT2D eigenvalue weighted by molar-refractivity contribution is 0.0923. The molecule has 7 nitrogen and oxygen atoms in total. The molecule has 19 heavy (non-hydrogen) atoms. The maximum atomic E-state index is 12.1. The van der Waals surface area contributed by atoms with E-state index in [9.17, 15) is 4.79 Å². The van der Waals surface area contributed by atoms with Gasteiger partial charge in [-0.05, 0) is 20.3 Å². The van der Waals surface area contributed by atoms with Crippen molar-refractivity contribution in [3.8, 4) is 0 Å². The summed E-state index contributed by atoms with van der Waals surface area (Å²) in [6.07, 6.45) is 3.87. The maximum Gasteiger partial charge on any atom is 0.287 e. The van der Waals surface area contributed by atoms with Crippen molar-refractivity contribution in [3.63, 3.8) is 0 Å². The summed E-state index contributed by atoms with van der Waals surface area (Å²) in [5.74, 6) is 0.853. The summed E-state index contributed by atoms with van der Waals surface area (Å²) in [7, 11) is 0. The van der Waals surface area contributed by atoms with Crippen LogP contribution >= 0.6 is 0 Å². The summed E-state index contributed by atoms with van der Waals surface area (Å²) < 4.78 is 1.78. The molecule has 2 aromatic heterocycles. The van der Waals surface area contributed by atoms with Gasteiger partial charge in [-0.2, -0.15) is 5.10 Å². The molecule has 0 aliphatic carbocycles. The van der Waals surface area contributed by atoms with E-state index in [4.69, 9.17) is 0 Å². The zero-order valence-electron chi connectivity index (χ0n) is 11.3. The zero-order chi connectivity index (χ0) is 13.8. The van der Waals surface area contributed by atoms with Gasteiger partial charge in [0.25, 0.3) is 5.91 Å². The Morgan fingerprint density at radius 3 is 2.84 bits per heavy atom. The lowest BCUT2D eigenvalue weighted by Gasteiger charge is -2.15. The lowest BCUT2D eigenvalue weighted by atomic mass is 10.2. The first-order chi connectivity index (χ1) is 9.15. The van der Waals surface area contributed by atoms with E-state index in [0.717, 1.165) is 24.5 Å². The normalized spacial score (nSPS) is 12.4. The van der Waals surface area contributed by atoms with Crippen LogP contribution in [0.3, 0.4) is 0 Å². The molecule has 0 unspecified atom stereocenters. The number of nitrogens with one attached hydrogen (secondary N) is 2. The molecule has 2 N–H and O–H groups in total. The lowest BCUT2D eigenvalue weighted by Crippen LogP contribution is -2.31. The van der Waals surface area contributed by atoms with E-state index in [2.05, 4.69) is 25.4 Å². The van der Waals surface area contributed by atoms with Crippen molar-refractivity contribution in [3.05, 3.63) is 29.9 Å². The van der Waals surface area contributed by atoms with E-state index in [1.165, 1.54) is 6.33 Å². The fraction of sp³-hybridized carbons (Fsp3) is 0.500. The number of hydrogen-bond acceptors (Lipinski definition) is 4. The molecular weight excluding hydrogens is 244 g/mol. The Bertz CT molecular complexity index is 558. The number of carbonyl (C=O) groups is 1. The fourth-order valence-corrected chi connectivity index (χ4v) is 1.89. The Labute approximate surface area is 111 Å². The van der Waals surface area contributed by atoms with E-state index in [1.54, 1.807) is 10.9 Å². The van der Waals surface area contributed by atoms with E-state index in [0.29, 0.717) is 5.82 Å². The Hall–Kier alpha value is -2.18. The van der Waals surface area contributed by atoms with Crippen molar-refractivity contribution in [2.75, 3.05) is 0 Å². The second-order valence-corrected chi connectivity index (χ2v) is 4.28. The third-order valence-corrected chi connectivity index (χ3v) is 2.89.